The van der Waals surface area contributed by atoms with Crippen molar-refractivity contribution in [2.24, 2.45) is 0 Å². The van der Waals surface area contributed by atoms with E-state index in [-0.39, 0.29) is 0 Å². The first-order chi connectivity index (χ1) is 10.7. The zero-order valence-electron chi connectivity index (χ0n) is 12.9. The molecule has 3 rings (SSSR count). The van der Waals surface area contributed by atoms with Crippen molar-refractivity contribution >= 4 is 25.9 Å². The average molecular weight is 305 g/mol. The third kappa shape index (κ3) is 2.91. The summed E-state index contributed by atoms with van der Waals surface area (Å²) in [5.41, 5.74) is 7.38. The molecule has 0 radical (unpaired) electrons. The Hall–Kier alpha value is -2.11. The van der Waals surface area contributed by atoms with Crippen LogP contribution in [0, 0.1) is 13.8 Å². The molecule has 0 aromatic heterocycles. The molecule has 3 aromatic carbocycles. The van der Waals surface area contributed by atoms with Crippen LogP contribution in [0.5, 0.6) is 0 Å². The van der Waals surface area contributed by atoms with Gasteiger partial charge in [-0.05, 0) is 48.0 Å². The predicted molar refractivity (Wildman–Crippen MR) is 100 cm³/mol. The van der Waals surface area contributed by atoms with Crippen LogP contribution in [-0.4, -0.2) is 0 Å². The maximum atomic E-state index is 3.59. The molecule has 0 heterocycles. The number of rotatable bonds is 3. The number of hydrogen-bond acceptors (Lipinski definition) is 1. The summed E-state index contributed by atoms with van der Waals surface area (Å²) in [5.74, 6) is 0. The zero-order chi connectivity index (χ0) is 15.5. The van der Waals surface area contributed by atoms with Gasteiger partial charge in [0.15, 0.2) is 0 Å². The summed E-state index contributed by atoms with van der Waals surface area (Å²) in [5, 5.41) is 4.76. The third-order valence-electron chi connectivity index (χ3n) is 3.90. The number of aryl methyl sites for hydroxylation is 2. The number of nitrogens with one attached hydrogen (secondary N) is 1. The molecule has 1 atom stereocenters. The van der Waals surface area contributed by atoms with Gasteiger partial charge in [0.2, 0.25) is 0 Å². The molecule has 0 saturated carbocycles. The van der Waals surface area contributed by atoms with Crippen LogP contribution in [0.2, 0.25) is 0 Å². The largest absolute Gasteiger partial charge is 0.355 e. The van der Waals surface area contributed by atoms with E-state index >= 15 is 0 Å². The van der Waals surface area contributed by atoms with Gasteiger partial charge in [0.25, 0.3) is 0 Å². The number of hydrogen-bond donors (Lipinski definition) is 1. The van der Waals surface area contributed by atoms with Crippen LogP contribution < -0.4 is 10.6 Å². The standard InChI is InChI=1S/C20H20NP/c1-14-8-6-7-11-17(14)19-15(2)12-13-18(22)20(19)21-16-9-4-3-5-10-16/h3-13,21H,22H2,1-2H3. The molecule has 0 spiro atoms. The Morgan fingerprint density at radius 2 is 1.41 bits per heavy atom. The van der Waals surface area contributed by atoms with Crippen LogP contribution in [0.3, 0.4) is 0 Å². The van der Waals surface area contributed by atoms with E-state index < -0.39 is 0 Å². The van der Waals surface area contributed by atoms with Crippen LogP contribution >= 0.6 is 9.24 Å². The molecule has 2 heteroatoms. The second-order valence-electron chi connectivity index (χ2n) is 5.53. The highest BCUT2D eigenvalue weighted by Gasteiger charge is 2.13. The fourth-order valence-electron chi connectivity index (χ4n) is 2.72. The van der Waals surface area contributed by atoms with E-state index in [1.54, 1.807) is 0 Å². The number of para-hydroxylation sites is 1. The van der Waals surface area contributed by atoms with Gasteiger partial charge in [-0.1, -0.05) is 54.6 Å². The minimum atomic E-state index is 1.10. The smallest absolute Gasteiger partial charge is 0.0539 e. The van der Waals surface area contributed by atoms with E-state index in [9.17, 15) is 0 Å². The summed E-state index contributed by atoms with van der Waals surface area (Å²) in [6, 6.07) is 23.2. The van der Waals surface area contributed by atoms with E-state index in [4.69, 9.17) is 0 Å². The average Bonchev–Trinajstić information content (AvgIpc) is 2.53. The second kappa shape index (κ2) is 6.34. The van der Waals surface area contributed by atoms with Crippen LogP contribution in [0.25, 0.3) is 11.1 Å². The van der Waals surface area contributed by atoms with Crippen molar-refractivity contribution in [1.29, 1.82) is 0 Å². The lowest BCUT2D eigenvalue weighted by atomic mass is 9.94. The summed E-state index contributed by atoms with van der Waals surface area (Å²) in [6.45, 7) is 4.33. The molecule has 0 aliphatic rings. The molecule has 0 amide bonds. The Morgan fingerprint density at radius 1 is 0.727 bits per heavy atom. The van der Waals surface area contributed by atoms with Crippen molar-refractivity contribution in [2.45, 2.75) is 13.8 Å². The Balaban J connectivity index is 2.18. The van der Waals surface area contributed by atoms with E-state index in [1.165, 1.54) is 27.6 Å². The molecule has 0 fully saturated rings. The Morgan fingerprint density at radius 3 is 2.14 bits per heavy atom. The van der Waals surface area contributed by atoms with Gasteiger partial charge in [0.1, 0.15) is 0 Å². The van der Waals surface area contributed by atoms with Gasteiger partial charge < -0.3 is 5.32 Å². The normalized spacial score (nSPS) is 10.5. The summed E-state index contributed by atoms with van der Waals surface area (Å²) >= 11 is 0. The molecule has 22 heavy (non-hydrogen) atoms. The van der Waals surface area contributed by atoms with Crippen molar-refractivity contribution in [3.63, 3.8) is 0 Å². The highest BCUT2D eigenvalue weighted by atomic mass is 31.0. The van der Waals surface area contributed by atoms with Gasteiger partial charge in [-0.3, -0.25) is 0 Å². The topological polar surface area (TPSA) is 12.0 Å². The first-order valence-electron chi connectivity index (χ1n) is 7.44. The third-order valence-corrected chi connectivity index (χ3v) is 4.38. The highest BCUT2D eigenvalue weighted by Crippen LogP contribution is 2.34. The minimum absolute atomic E-state index is 1.10. The van der Waals surface area contributed by atoms with E-state index in [0.717, 1.165) is 11.4 Å². The second-order valence-corrected chi connectivity index (χ2v) is 6.15. The molecule has 0 aliphatic carbocycles. The lowest BCUT2D eigenvalue weighted by molar-refractivity contribution is 1.41. The van der Waals surface area contributed by atoms with E-state index in [0.29, 0.717) is 0 Å². The molecule has 1 unspecified atom stereocenters. The SMILES string of the molecule is Cc1ccccc1-c1c(C)ccc(P)c1Nc1ccccc1. The van der Waals surface area contributed by atoms with E-state index in [2.05, 4.69) is 76.9 Å². The van der Waals surface area contributed by atoms with Crippen LogP contribution in [0.15, 0.2) is 66.7 Å². The fourth-order valence-corrected chi connectivity index (χ4v) is 3.04. The molecule has 1 nitrogen and oxygen atoms in total. The van der Waals surface area contributed by atoms with Crippen molar-refractivity contribution in [1.82, 2.24) is 0 Å². The Labute approximate surface area is 134 Å². The van der Waals surface area contributed by atoms with Gasteiger partial charge in [0.05, 0.1) is 5.69 Å². The quantitative estimate of drug-likeness (QED) is 0.655. The van der Waals surface area contributed by atoms with Crippen LogP contribution in [0.4, 0.5) is 11.4 Å². The molecule has 0 aliphatic heterocycles. The summed E-state index contributed by atoms with van der Waals surface area (Å²) in [6.07, 6.45) is 0. The first-order valence-corrected chi connectivity index (χ1v) is 8.01. The van der Waals surface area contributed by atoms with Crippen molar-refractivity contribution in [2.75, 3.05) is 5.32 Å². The van der Waals surface area contributed by atoms with Gasteiger partial charge in [-0.2, -0.15) is 0 Å². The van der Waals surface area contributed by atoms with Crippen molar-refractivity contribution < 1.29 is 0 Å². The van der Waals surface area contributed by atoms with Crippen molar-refractivity contribution in [3.05, 3.63) is 77.9 Å². The first kappa shape index (κ1) is 14.8. The van der Waals surface area contributed by atoms with Crippen LogP contribution in [-0.2, 0) is 0 Å². The minimum Gasteiger partial charge on any atom is -0.355 e. The molecule has 0 bridgehead atoms. The predicted octanol–water partition coefficient (Wildman–Crippen LogP) is 5.21. The number of benzene rings is 3. The van der Waals surface area contributed by atoms with E-state index in [1.807, 2.05) is 18.2 Å². The molecule has 3 aromatic rings. The Bertz CT molecular complexity index is 794. The number of anilines is 2. The summed E-state index contributed by atoms with van der Waals surface area (Å²) < 4.78 is 0. The van der Waals surface area contributed by atoms with Gasteiger partial charge in [-0.15, -0.1) is 9.24 Å². The van der Waals surface area contributed by atoms with Crippen molar-refractivity contribution in [3.8, 4) is 11.1 Å². The Kier molecular flexibility index (Phi) is 4.27. The van der Waals surface area contributed by atoms with Gasteiger partial charge in [-0.25, -0.2) is 0 Å². The van der Waals surface area contributed by atoms with Gasteiger partial charge >= 0.3 is 0 Å². The zero-order valence-corrected chi connectivity index (χ0v) is 14.1. The summed E-state index contributed by atoms with van der Waals surface area (Å²) in [4.78, 5) is 0. The molecule has 0 saturated heterocycles. The lowest BCUT2D eigenvalue weighted by Gasteiger charge is -2.19. The lowest BCUT2D eigenvalue weighted by Crippen LogP contribution is -2.06. The molecule has 110 valence electrons. The monoisotopic (exact) mass is 305 g/mol. The summed E-state index contributed by atoms with van der Waals surface area (Å²) in [7, 11) is 2.84. The van der Waals surface area contributed by atoms with Crippen LogP contribution in [0.1, 0.15) is 11.1 Å². The molecular weight excluding hydrogens is 285 g/mol. The fraction of sp³-hybridized carbons (Fsp3) is 0.100. The maximum absolute atomic E-state index is 3.59. The highest BCUT2D eigenvalue weighted by molar-refractivity contribution is 7.28. The molecule has 1 N–H and O–H groups in total. The van der Waals surface area contributed by atoms with Gasteiger partial charge in [0, 0.05) is 11.3 Å². The molecular formula is C20H20NP. The maximum Gasteiger partial charge on any atom is 0.0539 e.